The molecule has 0 radical (unpaired) electrons. The molecule has 3 rings (SSSR count). The number of rotatable bonds is 7. The first-order chi connectivity index (χ1) is 11.2. The van der Waals surface area contributed by atoms with Crippen molar-refractivity contribution in [3.05, 3.63) is 35.9 Å². The molecular formula is C19H28N2O2. The van der Waals surface area contributed by atoms with Crippen molar-refractivity contribution in [2.45, 2.75) is 32.2 Å². The summed E-state index contributed by atoms with van der Waals surface area (Å²) in [5, 5.41) is 3.19. The van der Waals surface area contributed by atoms with E-state index in [0.717, 1.165) is 45.4 Å². The van der Waals surface area contributed by atoms with Crippen molar-refractivity contribution in [1.82, 2.24) is 10.2 Å². The van der Waals surface area contributed by atoms with Gasteiger partial charge in [-0.05, 0) is 37.3 Å². The Balaban J connectivity index is 1.42. The quantitative estimate of drug-likeness (QED) is 0.840. The van der Waals surface area contributed by atoms with E-state index in [0.29, 0.717) is 12.5 Å². The molecule has 0 unspecified atom stereocenters. The highest BCUT2D eigenvalue weighted by molar-refractivity contribution is 5.83. The molecule has 1 aromatic rings. The zero-order valence-electron chi connectivity index (χ0n) is 14.1. The third kappa shape index (κ3) is 3.93. The van der Waals surface area contributed by atoms with Crippen LogP contribution in [0, 0.1) is 11.3 Å². The summed E-state index contributed by atoms with van der Waals surface area (Å²) >= 11 is 0. The van der Waals surface area contributed by atoms with Crippen LogP contribution in [0.4, 0.5) is 0 Å². The summed E-state index contributed by atoms with van der Waals surface area (Å²) in [7, 11) is 1.69. The average molecular weight is 316 g/mol. The Bertz CT molecular complexity index is 513. The Morgan fingerprint density at radius 1 is 1.35 bits per heavy atom. The number of ether oxygens (including phenoxy) is 1. The van der Waals surface area contributed by atoms with E-state index in [2.05, 4.69) is 40.5 Å². The SMILES string of the molecule is COCC1(C(=O)NC[C@@H]2CCN(Cc3ccccc3)C2)CCC1. The van der Waals surface area contributed by atoms with Crippen molar-refractivity contribution < 1.29 is 9.53 Å². The second kappa shape index (κ2) is 7.45. The van der Waals surface area contributed by atoms with Gasteiger partial charge in [-0.3, -0.25) is 9.69 Å². The fraction of sp³-hybridized carbons (Fsp3) is 0.632. The Morgan fingerprint density at radius 3 is 2.78 bits per heavy atom. The van der Waals surface area contributed by atoms with E-state index in [1.165, 1.54) is 12.0 Å². The van der Waals surface area contributed by atoms with Crippen molar-refractivity contribution in [2.75, 3.05) is 33.4 Å². The lowest BCUT2D eigenvalue weighted by molar-refractivity contribution is -0.140. The third-order valence-electron chi connectivity index (χ3n) is 5.38. The number of hydrogen-bond donors (Lipinski definition) is 1. The normalized spacial score (nSPS) is 23.4. The highest BCUT2D eigenvalue weighted by Gasteiger charge is 2.44. The molecule has 1 aliphatic heterocycles. The van der Waals surface area contributed by atoms with Gasteiger partial charge in [-0.2, -0.15) is 0 Å². The first-order valence-corrected chi connectivity index (χ1v) is 8.75. The standard InChI is InChI=1S/C19H28N2O2/c1-23-15-19(9-5-10-19)18(22)20-12-17-8-11-21(14-17)13-16-6-3-2-4-7-16/h2-4,6-7,17H,5,8-15H2,1H3,(H,20,22)/t17-/m0/s1. The van der Waals surface area contributed by atoms with Crippen LogP contribution in [-0.2, 0) is 16.1 Å². The molecule has 1 aliphatic carbocycles. The fourth-order valence-corrected chi connectivity index (χ4v) is 3.81. The molecule has 1 atom stereocenters. The predicted octanol–water partition coefficient (Wildman–Crippen LogP) is 2.44. The van der Waals surface area contributed by atoms with Crippen LogP contribution >= 0.6 is 0 Å². The fourth-order valence-electron chi connectivity index (χ4n) is 3.81. The Labute approximate surface area is 139 Å². The van der Waals surface area contributed by atoms with Gasteiger partial charge in [0, 0.05) is 26.7 Å². The zero-order valence-corrected chi connectivity index (χ0v) is 14.1. The van der Waals surface area contributed by atoms with Gasteiger partial charge in [0.1, 0.15) is 0 Å². The molecule has 1 N–H and O–H groups in total. The van der Waals surface area contributed by atoms with Crippen molar-refractivity contribution in [3.63, 3.8) is 0 Å². The van der Waals surface area contributed by atoms with Crippen molar-refractivity contribution in [3.8, 4) is 0 Å². The van der Waals surface area contributed by atoms with Crippen LogP contribution in [0.3, 0.4) is 0 Å². The smallest absolute Gasteiger partial charge is 0.228 e. The molecule has 1 heterocycles. The van der Waals surface area contributed by atoms with Crippen molar-refractivity contribution >= 4 is 5.91 Å². The molecule has 0 bridgehead atoms. The molecule has 23 heavy (non-hydrogen) atoms. The second-order valence-corrected chi connectivity index (χ2v) is 7.15. The lowest BCUT2D eigenvalue weighted by Gasteiger charge is -2.39. The summed E-state index contributed by atoms with van der Waals surface area (Å²) in [6.45, 7) is 4.57. The Kier molecular flexibility index (Phi) is 5.34. The van der Waals surface area contributed by atoms with Gasteiger partial charge in [-0.1, -0.05) is 36.8 Å². The number of amides is 1. The molecule has 126 valence electrons. The van der Waals surface area contributed by atoms with Crippen LogP contribution in [0.2, 0.25) is 0 Å². The van der Waals surface area contributed by atoms with Crippen molar-refractivity contribution in [2.24, 2.45) is 11.3 Å². The van der Waals surface area contributed by atoms with Crippen LogP contribution in [0.25, 0.3) is 0 Å². The summed E-state index contributed by atoms with van der Waals surface area (Å²) in [5.74, 6) is 0.773. The highest BCUT2D eigenvalue weighted by atomic mass is 16.5. The van der Waals surface area contributed by atoms with Crippen LogP contribution in [0.1, 0.15) is 31.2 Å². The maximum absolute atomic E-state index is 12.5. The van der Waals surface area contributed by atoms with Gasteiger partial charge < -0.3 is 10.1 Å². The van der Waals surface area contributed by atoms with Gasteiger partial charge in [0.15, 0.2) is 0 Å². The van der Waals surface area contributed by atoms with E-state index >= 15 is 0 Å². The summed E-state index contributed by atoms with van der Waals surface area (Å²) in [5.41, 5.74) is 1.13. The van der Waals surface area contributed by atoms with Crippen molar-refractivity contribution in [1.29, 1.82) is 0 Å². The number of nitrogens with one attached hydrogen (secondary N) is 1. The minimum Gasteiger partial charge on any atom is -0.384 e. The van der Waals surface area contributed by atoms with Gasteiger partial charge >= 0.3 is 0 Å². The highest BCUT2D eigenvalue weighted by Crippen LogP contribution is 2.41. The zero-order chi connectivity index (χ0) is 16.1. The van der Waals surface area contributed by atoms with Crippen LogP contribution in [0.5, 0.6) is 0 Å². The molecular weight excluding hydrogens is 288 g/mol. The first kappa shape index (κ1) is 16.5. The average Bonchev–Trinajstić information content (AvgIpc) is 2.97. The molecule has 0 spiro atoms. The number of carbonyl (C=O) groups excluding carboxylic acids is 1. The predicted molar refractivity (Wildman–Crippen MR) is 91.0 cm³/mol. The molecule has 1 saturated heterocycles. The number of likely N-dealkylation sites (tertiary alicyclic amines) is 1. The second-order valence-electron chi connectivity index (χ2n) is 7.15. The molecule has 0 aromatic heterocycles. The third-order valence-corrected chi connectivity index (χ3v) is 5.38. The minimum absolute atomic E-state index is 0.201. The minimum atomic E-state index is -0.239. The molecule has 1 saturated carbocycles. The van der Waals surface area contributed by atoms with E-state index in [1.807, 2.05) is 0 Å². The topological polar surface area (TPSA) is 41.6 Å². The maximum Gasteiger partial charge on any atom is 0.228 e. The summed E-state index contributed by atoms with van der Waals surface area (Å²) in [4.78, 5) is 14.9. The number of benzene rings is 1. The van der Waals surface area contributed by atoms with Crippen LogP contribution in [0.15, 0.2) is 30.3 Å². The van der Waals surface area contributed by atoms with E-state index in [-0.39, 0.29) is 11.3 Å². The number of hydrogen-bond acceptors (Lipinski definition) is 3. The summed E-state index contributed by atoms with van der Waals surface area (Å²) < 4.78 is 5.26. The molecule has 1 amide bonds. The Morgan fingerprint density at radius 2 is 2.13 bits per heavy atom. The van der Waals surface area contributed by atoms with Gasteiger partial charge in [0.05, 0.1) is 12.0 Å². The number of carbonyl (C=O) groups is 1. The van der Waals surface area contributed by atoms with E-state index in [1.54, 1.807) is 7.11 Å². The first-order valence-electron chi connectivity index (χ1n) is 8.75. The van der Waals surface area contributed by atoms with E-state index in [9.17, 15) is 4.79 Å². The molecule has 2 aliphatic rings. The lowest BCUT2D eigenvalue weighted by atomic mass is 9.68. The maximum atomic E-state index is 12.5. The summed E-state index contributed by atoms with van der Waals surface area (Å²) in [6.07, 6.45) is 4.25. The largest absolute Gasteiger partial charge is 0.384 e. The van der Waals surface area contributed by atoms with E-state index in [4.69, 9.17) is 4.74 Å². The molecule has 4 heteroatoms. The molecule has 4 nitrogen and oxygen atoms in total. The Hall–Kier alpha value is -1.39. The van der Waals surface area contributed by atoms with Gasteiger partial charge in [0.2, 0.25) is 5.91 Å². The van der Waals surface area contributed by atoms with Crippen LogP contribution in [-0.4, -0.2) is 44.2 Å². The van der Waals surface area contributed by atoms with E-state index < -0.39 is 0 Å². The monoisotopic (exact) mass is 316 g/mol. The number of methoxy groups -OCH3 is 1. The van der Waals surface area contributed by atoms with Crippen LogP contribution < -0.4 is 5.32 Å². The summed E-state index contributed by atoms with van der Waals surface area (Å²) in [6, 6.07) is 10.6. The van der Waals surface area contributed by atoms with Gasteiger partial charge in [-0.15, -0.1) is 0 Å². The van der Waals surface area contributed by atoms with Gasteiger partial charge in [0.25, 0.3) is 0 Å². The number of nitrogens with zero attached hydrogens (tertiary/aromatic N) is 1. The molecule has 1 aromatic carbocycles. The van der Waals surface area contributed by atoms with Gasteiger partial charge in [-0.25, -0.2) is 0 Å². The lowest BCUT2D eigenvalue weighted by Crippen LogP contribution is -2.49. The molecule has 2 fully saturated rings.